The van der Waals surface area contributed by atoms with E-state index in [0.717, 1.165) is 12.3 Å². The molecule has 7 heteroatoms. The first-order chi connectivity index (χ1) is 7.66. The maximum Gasteiger partial charge on any atom is 0.320 e. The maximum absolute atomic E-state index is 11.3. The molecular formula is C10H15NO5S. The second-order valence-electron chi connectivity index (χ2n) is 4.08. The number of hydrogen-bond acceptors (Lipinski definition) is 5. The molecule has 0 fully saturated rings. The fraction of sp³-hybridized carbons (Fsp3) is 0.500. The molecule has 0 aliphatic heterocycles. The van der Waals surface area contributed by atoms with Crippen molar-refractivity contribution in [1.29, 1.82) is 0 Å². The number of carboxylic acid groups (broad SMARTS) is 1. The summed E-state index contributed by atoms with van der Waals surface area (Å²) < 4.78 is 22.6. The lowest BCUT2D eigenvalue weighted by atomic mass is 9.99. The van der Waals surface area contributed by atoms with E-state index in [2.05, 4.69) is 0 Å². The van der Waals surface area contributed by atoms with Crippen molar-refractivity contribution in [1.82, 2.24) is 0 Å². The summed E-state index contributed by atoms with van der Waals surface area (Å²) in [6, 6.07) is -1.03. The topological polar surface area (TPSA) is 118 Å². The van der Waals surface area contributed by atoms with Crippen LogP contribution in [0.1, 0.15) is 12.8 Å². The van der Waals surface area contributed by atoms with Gasteiger partial charge in [0.2, 0.25) is 0 Å². The Balaban J connectivity index is 2.77. The molecule has 0 aromatic rings. The van der Waals surface area contributed by atoms with E-state index in [1.54, 1.807) is 0 Å². The molecule has 2 atom stereocenters. The fourth-order valence-electron chi connectivity index (χ4n) is 1.42. The van der Waals surface area contributed by atoms with Gasteiger partial charge in [0.25, 0.3) is 0 Å². The predicted molar refractivity (Wildman–Crippen MR) is 61.9 cm³/mol. The van der Waals surface area contributed by atoms with Gasteiger partial charge in [-0.15, -0.1) is 0 Å². The standard InChI is InChI=1S/C10H15NO5S/c1-17(15,16)10(14)4-2-7(3-5-10)6-8(11)9(12)13/h2-4,8,14H,5-6,11H2,1H3,(H,12,13)/t8-,10?/m0/s1. The first-order valence-electron chi connectivity index (χ1n) is 4.94. The summed E-state index contributed by atoms with van der Waals surface area (Å²) in [5, 5.41) is 18.4. The monoisotopic (exact) mass is 261 g/mol. The zero-order valence-electron chi connectivity index (χ0n) is 9.33. The Morgan fingerprint density at radius 2 is 2.24 bits per heavy atom. The molecule has 4 N–H and O–H groups in total. The highest BCUT2D eigenvalue weighted by molar-refractivity contribution is 7.92. The van der Waals surface area contributed by atoms with Crippen LogP contribution < -0.4 is 5.73 Å². The SMILES string of the molecule is CS(=O)(=O)C1(O)C=CC(C[C@H](N)C(=O)O)=CC1. The van der Waals surface area contributed by atoms with E-state index in [-0.39, 0.29) is 12.8 Å². The van der Waals surface area contributed by atoms with Crippen molar-refractivity contribution in [2.45, 2.75) is 23.8 Å². The van der Waals surface area contributed by atoms with Crippen molar-refractivity contribution < 1.29 is 23.4 Å². The van der Waals surface area contributed by atoms with Crippen LogP contribution in [-0.2, 0) is 14.6 Å². The highest BCUT2D eigenvalue weighted by atomic mass is 32.2. The highest BCUT2D eigenvalue weighted by Gasteiger charge is 2.36. The van der Waals surface area contributed by atoms with E-state index in [4.69, 9.17) is 10.8 Å². The number of aliphatic hydroxyl groups is 1. The number of carboxylic acids is 1. The van der Waals surface area contributed by atoms with Crippen LogP contribution in [0.15, 0.2) is 23.8 Å². The number of carbonyl (C=O) groups is 1. The Bertz CT molecular complexity index is 479. The van der Waals surface area contributed by atoms with Crippen molar-refractivity contribution in [3.8, 4) is 0 Å². The average Bonchev–Trinajstić information content (AvgIpc) is 2.19. The van der Waals surface area contributed by atoms with Crippen LogP contribution in [0, 0.1) is 0 Å². The van der Waals surface area contributed by atoms with Crippen molar-refractivity contribution in [2.75, 3.05) is 6.26 Å². The summed E-state index contributed by atoms with van der Waals surface area (Å²) in [6.07, 6.45) is 5.00. The van der Waals surface area contributed by atoms with Gasteiger partial charge in [-0.3, -0.25) is 4.79 Å². The second-order valence-corrected chi connectivity index (χ2v) is 6.33. The lowest BCUT2D eigenvalue weighted by molar-refractivity contribution is -0.138. The summed E-state index contributed by atoms with van der Waals surface area (Å²) in [7, 11) is -3.62. The van der Waals surface area contributed by atoms with Gasteiger partial charge in [-0.05, 0) is 18.1 Å². The fourth-order valence-corrected chi connectivity index (χ4v) is 2.12. The van der Waals surface area contributed by atoms with Crippen LogP contribution in [0.25, 0.3) is 0 Å². The first-order valence-corrected chi connectivity index (χ1v) is 6.83. The number of sulfone groups is 1. The van der Waals surface area contributed by atoms with Gasteiger partial charge in [0, 0.05) is 12.7 Å². The van der Waals surface area contributed by atoms with Gasteiger partial charge in [0.1, 0.15) is 6.04 Å². The van der Waals surface area contributed by atoms with Crippen LogP contribution in [0.5, 0.6) is 0 Å². The van der Waals surface area contributed by atoms with Crippen LogP contribution in [0.2, 0.25) is 0 Å². The smallest absolute Gasteiger partial charge is 0.320 e. The zero-order chi connectivity index (χ0) is 13.3. The minimum atomic E-state index is -3.62. The lowest BCUT2D eigenvalue weighted by Crippen LogP contribution is -2.37. The van der Waals surface area contributed by atoms with Crippen molar-refractivity contribution in [2.24, 2.45) is 5.73 Å². The van der Waals surface area contributed by atoms with Crippen molar-refractivity contribution >= 4 is 15.8 Å². The Hall–Kier alpha value is -1.18. The predicted octanol–water partition coefficient (Wildman–Crippen LogP) is -0.592. The lowest BCUT2D eigenvalue weighted by Gasteiger charge is -2.24. The van der Waals surface area contributed by atoms with Crippen LogP contribution in [-0.4, -0.2) is 41.8 Å². The molecule has 0 bridgehead atoms. The Kier molecular flexibility index (Phi) is 3.75. The Morgan fingerprint density at radius 1 is 1.65 bits per heavy atom. The van der Waals surface area contributed by atoms with E-state index < -0.39 is 26.8 Å². The van der Waals surface area contributed by atoms with Crippen molar-refractivity contribution in [3.63, 3.8) is 0 Å². The van der Waals surface area contributed by atoms with Gasteiger partial charge in [-0.1, -0.05) is 12.2 Å². The van der Waals surface area contributed by atoms with E-state index >= 15 is 0 Å². The summed E-state index contributed by atoms with van der Waals surface area (Å²) in [6.45, 7) is 0. The summed E-state index contributed by atoms with van der Waals surface area (Å²) in [5.41, 5.74) is 5.95. The van der Waals surface area contributed by atoms with Crippen LogP contribution in [0.4, 0.5) is 0 Å². The average molecular weight is 261 g/mol. The third kappa shape index (κ3) is 3.15. The summed E-state index contributed by atoms with van der Waals surface area (Å²) in [5.74, 6) is -1.12. The summed E-state index contributed by atoms with van der Waals surface area (Å²) >= 11 is 0. The van der Waals surface area contributed by atoms with Crippen LogP contribution >= 0.6 is 0 Å². The molecule has 0 aromatic carbocycles. The molecule has 0 saturated heterocycles. The molecular weight excluding hydrogens is 246 g/mol. The number of nitrogens with two attached hydrogens (primary N) is 1. The minimum Gasteiger partial charge on any atom is -0.480 e. The van der Waals surface area contributed by atoms with Gasteiger partial charge in [-0.25, -0.2) is 8.42 Å². The van der Waals surface area contributed by atoms with Crippen LogP contribution in [0.3, 0.4) is 0 Å². The zero-order valence-corrected chi connectivity index (χ0v) is 10.1. The van der Waals surface area contributed by atoms with Gasteiger partial charge in [0.05, 0.1) is 0 Å². The van der Waals surface area contributed by atoms with Gasteiger partial charge >= 0.3 is 5.97 Å². The Morgan fingerprint density at radius 3 is 2.59 bits per heavy atom. The van der Waals surface area contributed by atoms with Gasteiger partial charge in [0.15, 0.2) is 14.8 Å². The van der Waals surface area contributed by atoms with E-state index in [9.17, 15) is 18.3 Å². The van der Waals surface area contributed by atoms with E-state index in [0.29, 0.717) is 5.57 Å². The second kappa shape index (κ2) is 4.59. The van der Waals surface area contributed by atoms with Gasteiger partial charge in [-0.2, -0.15) is 0 Å². The van der Waals surface area contributed by atoms with Crippen molar-refractivity contribution in [3.05, 3.63) is 23.8 Å². The largest absolute Gasteiger partial charge is 0.480 e. The normalized spacial score (nSPS) is 26.4. The molecule has 0 amide bonds. The van der Waals surface area contributed by atoms with E-state index in [1.807, 2.05) is 0 Å². The number of aliphatic carboxylic acids is 1. The van der Waals surface area contributed by atoms with E-state index in [1.165, 1.54) is 12.2 Å². The third-order valence-corrected chi connectivity index (χ3v) is 4.22. The molecule has 0 radical (unpaired) electrons. The molecule has 1 aliphatic rings. The Labute approximate surface area is 99.4 Å². The third-order valence-electron chi connectivity index (χ3n) is 2.63. The number of allylic oxidation sites excluding steroid dienone is 1. The molecule has 1 unspecified atom stereocenters. The first kappa shape index (κ1) is 13.9. The molecule has 0 aromatic heterocycles. The maximum atomic E-state index is 11.3. The number of rotatable bonds is 4. The molecule has 1 aliphatic carbocycles. The minimum absolute atomic E-state index is 0.0932. The quantitative estimate of drug-likeness (QED) is 0.622. The molecule has 0 saturated carbocycles. The highest BCUT2D eigenvalue weighted by Crippen LogP contribution is 2.27. The summed E-state index contributed by atoms with van der Waals surface area (Å²) in [4.78, 5) is 8.64. The molecule has 0 spiro atoms. The molecule has 1 rings (SSSR count). The molecule has 96 valence electrons. The molecule has 17 heavy (non-hydrogen) atoms. The van der Waals surface area contributed by atoms with Gasteiger partial charge < -0.3 is 15.9 Å². The molecule has 0 heterocycles. The number of hydrogen-bond donors (Lipinski definition) is 3. The molecule has 6 nitrogen and oxygen atoms in total.